The van der Waals surface area contributed by atoms with Crippen LogP contribution in [-0.4, -0.2) is 42.5 Å². The van der Waals surface area contributed by atoms with Gasteiger partial charge in [0.05, 0.1) is 6.10 Å². The first kappa shape index (κ1) is 14.7. The van der Waals surface area contributed by atoms with Crippen molar-refractivity contribution >= 4 is 5.91 Å². The van der Waals surface area contributed by atoms with Gasteiger partial charge in [0.15, 0.2) is 6.61 Å². The van der Waals surface area contributed by atoms with Crippen LogP contribution < -0.4 is 10.1 Å². The third-order valence-corrected chi connectivity index (χ3v) is 3.42. The number of carbonyl (C=O) groups is 1. The van der Waals surface area contributed by atoms with E-state index in [4.69, 9.17) is 9.47 Å². The van der Waals surface area contributed by atoms with Gasteiger partial charge in [-0.05, 0) is 19.1 Å². The highest BCUT2D eigenvalue weighted by Crippen LogP contribution is 2.24. The van der Waals surface area contributed by atoms with Gasteiger partial charge in [-0.3, -0.25) is 4.79 Å². The van der Waals surface area contributed by atoms with Crippen molar-refractivity contribution < 1.29 is 23.8 Å². The minimum atomic E-state index is -1.03. The van der Waals surface area contributed by atoms with Crippen LogP contribution in [0.2, 0.25) is 0 Å². The number of hydrogen-bond donors (Lipinski definition) is 2. The Bertz CT molecular complexity index is 482. The molecule has 0 aromatic heterocycles. The molecule has 1 aromatic rings. The predicted molar refractivity (Wildman–Crippen MR) is 69.9 cm³/mol. The maximum absolute atomic E-state index is 12.9. The number of nitrogens with one attached hydrogen (secondary N) is 1. The van der Waals surface area contributed by atoms with E-state index < -0.39 is 11.4 Å². The van der Waals surface area contributed by atoms with E-state index in [9.17, 15) is 14.3 Å². The molecule has 1 amide bonds. The largest absolute Gasteiger partial charge is 0.484 e. The lowest BCUT2D eigenvalue weighted by molar-refractivity contribution is -0.124. The molecule has 2 rings (SSSR count). The number of halogens is 1. The van der Waals surface area contributed by atoms with Crippen LogP contribution in [0.1, 0.15) is 13.3 Å². The molecule has 2 unspecified atom stereocenters. The molecule has 1 heterocycles. The zero-order valence-electron chi connectivity index (χ0n) is 11.3. The Balaban J connectivity index is 1.76. The summed E-state index contributed by atoms with van der Waals surface area (Å²) >= 11 is 0. The minimum Gasteiger partial charge on any atom is -0.484 e. The highest BCUT2D eigenvalue weighted by molar-refractivity contribution is 5.77. The molecule has 1 saturated heterocycles. The second kappa shape index (κ2) is 6.19. The van der Waals surface area contributed by atoms with Crippen LogP contribution in [0, 0.1) is 5.82 Å². The number of rotatable bonds is 5. The fourth-order valence-corrected chi connectivity index (χ4v) is 2.01. The number of amides is 1. The molecule has 20 heavy (non-hydrogen) atoms. The van der Waals surface area contributed by atoms with Crippen LogP contribution in [0.5, 0.6) is 5.75 Å². The Labute approximate surface area is 116 Å². The van der Waals surface area contributed by atoms with Crippen LogP contribution >= 0.6 is 0 Å². The summed E-state index contributed by atoms with van der Waals surface area (Å²) in [4.78, 5) is 11.6. The molecular formula is C14H18FNO4. The van der Waals surface area contributed by atoms with Gasteiger partial charge in [-0.2, -0.15) is 0 Å². The van der Waals surface area contributed by atoms with Gasteiger partial charge < -0.3 is 19.9 Å². The van der Waals surface area contributed by atoms with E-state index in [0.29, 0.717) is 13.0 Å². The Hall–Kier alpha value is -1.66. The van der Waals surface area contributed by atoms with Crippen LogP contribution in [-0.2, 0) is 9.53 Å². The summed E-state index contributed by atoms with van der Waals surface area (Å²) in [6.07, 6.45) is 0.172. The SMILES string of the molecule is CC1OCCC1(O)CNC(=O)COc1cccc(F)c1. The second-order valence-electron chi connectivity index (χ2n) is 4.89. The molecule has 1 aliphatic heterocycles. The summed E-state index contributed by atoms with van der Waals surface area (Å²) in [5.74, 6) is -0.507. The maximum atomic E-state index is 12.9. The first-order valence-corrected chi connectivity index (χ1v) is 6.49. The normalized spacial score (nSPS) is 25.4. The first-order valence-electron chi connectivity index (χ1n) is 6.49. The third kappa shape index (κ3) is 3.68. The van der Waals surface area contributed by atoms with Crippen molar-refractivity contribution in [2.75, 3.05) is 19.8 Å². The van der Waals surface area contributed by atoms with Crippen molar-refractivity contribution in [3.05, 3.63) is 30.1 Å². The molecule has 1 aromatic carbocycles. The van der Waals surface area contributed by atoms with Crippen molar-refractivity contribution in [3.8, 4) is 5.75 Å². The minimum absolute atomic E-state index is 0.111. The Morgan fingerprint density at radius 3 is 3.10 bits per heavy atom. The lowest BCUT2D eigenvalue weighted by Crippen LogP contribution is -2.48. The zero-order valence-corrected chi connectivity index (χ0v) is 11.3. The fourth-order valence-electron chi connectivity index (χ4n) is 2.01. The van der Waals surface area contributed by atoms with Crippen LogP contribution in [0.25, 0.3) is 0 Å². The summed E-state index contributed by atoms with van der Waals surface area (Å²) in [6.45, 7) is 2.13. The summed E-state index contributed by atoms with van der Waals surface area (Å²) in [5.41, 5.74) is -1.03. The lowest BCUT2D eigenvalue weighted by Gasteiger charge is -2.26. The number of benzene rings is 1. The second-order valence-corrected chi connectivity index (χ2v) is 4.89. The highest BCUT2D eigenvalue weighted by atomic mass is 19.1. The predicted octanol–water partition coefficient (Wildman–Crippen LogP) is 0.861. The van der Waals surface area contributed by atoms with Gasteiger partial charge in [-0.15, -0.1) is 0 Å². The Morgan fingerprint density at radius 1 is 1.65 bits per heavy atom. The molecular weight excluding hydrogens is 265 g/mol. The number of aliphatic hydroxyl groups is 1. The van der Waals surface area contributed by atoms with E-state index >= 15 is 0 Å². The van der Waals surface area contributed by atoms with Crippen LogP contribution in [0.15, 0.2) is 24.3 Å². The Kier molecular flexibility index (Phi) is 4.57. The quantitative estimate of drug-likeness (QED) is 0.841. The molecule has 0 spiro atoms. The molecule has 1 aliphatic rings. The molecule has 5 nitrogen and oxygen atoms in total. The molecule has 0 bridgehead atoms. The van der Waals surface area contributed by atoms with Gasteiger partial charge in [0, 0.05) is 25.6 Å². The molecule has 1 fully saturated rings. The van der Waals surface area contributed by atoms with Crippen molar-refractivity contribution in [1.29, 1.82) is 0 Å². The number of hydrogen-bond acceptors (Lipinski definition) is 4. The molecule has 110 valence electrons. The highest BCUT2D eigenvalue weighted by Gasteiger charge is 2.39. The summed E-state index contributed by atoms with van der Waals surface area (Å²) < 4.78 is 23.3. The molecule has 2 atom stereocenters. The summed E-state index contributed by atoms with van der Waals surface area (Å²) in [7, 11) is 0. The van der Waals surface area contributed by atoms with Crippen LogP contribution in [0.3, 0.4) is 0 Å². The monoisotopic (exact) mass is 283 g/mol. The fraction of sp³-hybridized carbons (Fsp3) is 0.500. The first-order chi connectivity index (χ1) is 9.49. The van der Waals surface area contributed by atoms with E-state index in [1.165, 1.54) is 18.2 Å². The van der Waals surface area contributed by atoms with Gasteiger partial charge in [-0.25, -0.2) is 4.39 Å². The standard InChI is InChI=1S/C14H18FNO4/c1-10-14(18,5-6-19-10)9-16-13(17)8-20-12-4-2-3-11(15)7-12/h2-4,7,10,18H,5-6,8-9H2,1H3,(H,16,17). The van der Waals surface area contributed by atoms with Gasteiger partial charge in [-0.1, -0.05) is 6.07 Å². The van der Waals surface area contributed by atoms with Crippen molar-refractivity contribution in [3.63, 3.8) is 0 Å². The van der Waals surface area contributed by atoms with Crippen molar-refractivity contribution in [2.45, 2.75) is 25.0 Å². The van der Waals surface area contributed by atoms with E-state index in [1.807, 2.05) is 0 Å². The van der Waals surface area contributed by atoms with E-state index in [2.05, 4.69) is 5.32 Å². The van der Waals surface area contributed by atoms with E-state index in [0.717, 1.165) is 0 Å². The lowest BCUT2D eigenvalue weighted by atomic mass is 9.97. The van der Waals surface area contributed by atoms with Crippen molar-refractivity contribution in [2.24, 2.45) is 0 Å². The molecule has 6 heteroatoms. The topological polar surface area (TPSA) is 67.8 Å². The molecule has 0 radical (unpaired) electrons. The number of ether oxygens (including phenoxy) is 2. The molecule has 0 aliphatic carbocycles. The molecule has 0 saturated carbocycles. The Morgan fingerprint density at radius 2 is 2.45 bits per heavy atom. The van der Waals surface area contributed by atoms with E-state index in [-0.39, 0.29) is 30.9 Å². The zero-order chi connectivity index (χ0) is 14.6. The van der Waals surface area contributed by atoms with Gasteiger partial charge in [0.1, 0.15) is 17.2 Å². The average molecular weight is 283 g/mol. The summed E-state index contributed by atoms with van der Waals surface area (Å²) in [5, 5.41) is 12.8. The van der Waals surface area contributed by atoms with Crippen LogP contribution in [0.4, 0.5) is 4.39 Å². The third-order valence-electron chi connectivity index (χ3n) is 3.42. The average Bonchev–Trinajstić information content (AvgIpc) is 2.75. The molecule has 2 N–H and O–H groups in total. The van der Waals surface area contributed by atoms with E-state index in [1.54, 1.807) is 13.0 Å². The van der Waals surface area contributed by atoms with Gasteiger partial charge in [0.25, 0.3) is 5.91 Å². The van der Waals surface area contributed by atoms with Gasteiger partial charge in [0.2, 0.25) is 0 Å². The summed E-state index contributed by atoms with van der Waals surface area (Å²) in [6, 6.07) is 5.57. The maximum Gasteiger partial charge on any atom is 0.258 e. The van der Waals surface area contributed by atoms with Crippen molar-refractivity contribution in [1.82, 2.24) is 5.32 Å². The van der Waals surface area contributed by atoms with Gasteiger partial charge >= 0.3 is 0 Å². The smallest absolute Gasteiger partial charge is 0.258 e. The number of carbonyl (C=O) groups excluding carboxylic acids is 1.